The van der Waals surface area contributed by atoms with E-state index in [4.69, 9.17) is 0 Å². The second-order valence-corrected chi connectivity index (χ2v) is 0. The zero-order valence-corrected chi connectivity index (χ0v) is 14.2. The Kier molecular flexibility index (Phi) is 312. The van der Waals surface area contributed by atoms with Crippen molar-refractivity contribution in [3.8, 4) is 0 Å². The Labute approximate surface area is 190 Å². The molecular weight excluding hydrogens is 640 g/mol. The van der Waals surface area contributed by atoms with Crippen molar-refractivity contribution in [1.29, 1.82) is 0 Å². The van der Waals surface area contributed by atoms with Crippen LogP contribution in [0, 0.1) is 180 Å². The van der Waals surface area contributed by atoms with Gasteiger partial charge in [0.05, 0.1) is 0 Å². The molecule has 0 aliphatic rings. The van der Waals surface area contributed by atoms with Crippen molar-refractivity contribution in [2.75, 3.05) is 0 Å². The first-order valence-electron chi connectivity index (χ1n) is 0. The van der Waals surface area contributed by atoms with Gasteiger partial charge in [-0.15, -0.1) is 0 Å². The van der Waals surface area contributed by atoms with E-state index in [-0.39, 0.29) is 197 Å². The molecule has 4 radical (unpaired) electrons. The van der Waals surface area contributed by atoms with E-state index in [2.05, 4.69) is 0 Å². The molecule has 0 aliphatic carbocycles. The standard InChI is InChI=1S/2Eu.2Nd.3O/q;;2*+3;3*-2. The average molecular weight is 640 g/mol. The van der Waals surface area contributed by atoms with Gasteiger partial charge in [-0.1, -0.05) is 0 Å². The molecule has 7 heavy (non-hydrogen) atoms. The Balaban J connectivity index is 0. The molecule has 0 saturated carbocycles. The molecule has 0 unspecified atom stereocenters. The van der Waals surface area contributed by atoms with Gasteiger partial charge in [0.2, 0.25) is 0 Å². The third-order valence-corrected chi connectivity index (χ3v) is 0. The Morgan fingerprint density at radius 1 is 0.429 bits per heavy atom. The molecule has 0 amide bonds. The van der Waals surface area contributed by atoms with E-state index in [9.17, 15) is 0 Å². The average Bonchev–Trinajstić information content (AvgIpc) is 0. The zero-order chi connectivity index (χ0) is 0. The minimum atomic E-state index is 0. The smallest absolute Gasteiger partial charge is 2.00 e. The third kappa shape index (κ3) is 33.8. The maximum Gasteiger partial charge on any atom is 3.00 e. The summed E-state index contributed by atoms with van der Waals surface area (Å²) in [7, 11) is 0. The summed E-state index contributed by atoms with van der Waals surface area (Å²) < 4.78 is 0. The quantitative estimate of drug-likeness (QED) is 0.347. The molecular formula is Eu2Nd2O3. The summed E-state index contributed by atoms with van der Waals surface area (Å²) in [5.41, 5.74) is 0. The van der Waals surface area contributed by atoms with Crippen LogP contribution in [-0.2, 0) is 16.4 Å². The zero-order valence-electron chi connectivity index (χ0n) is 2.98. The van der Waals surface area contributed by atoms with E-state index < -0.39 is 0 Å². The van der Waals surface area contributed by atoms with E-state index in [0.717, 1.165) is 0 Å². The van der Waals surface area contributed by atoms with Crippen LogP contribution in [0.2, 0.25) is 0 Å². The summed E-state index contributed by atoms with van der Waals surface area (Å²) in [6.07, 6.45) is 0. The van der Waals surface area contributed by atoms with Gasteiger partial charge in [-0.05, 0) is 0 Å². The molecule has 0 aromatic carbocycles. The number of hydrogen-bond acceptors (Lipinski definition) is 0. The van der Waals surface area contributed by atoms with Gasteiger partial charge in [0.25, 0.3) is 0 Å². The summed E-state index contributed by atoms with van der Waals surface area (Å²) in [5, 5.41) is 0. The van der Waals surface area contributed by atoms with Gasteiger partial charge in [-0.25, -0.2) is 0 Å². The fraction of sp³-hybridized carbons (Fsp3) is 0. The predicted octanol–water partition coefficient (Wildman–Crippen LogP) is -0.356. The van der Waals surface area contributed by atoms with Crippen molar-refractivity contribution in [3.05, 3.63) is 0 Å². The molecule has 0 aliphatic heterocycles. The van der Waals surface area contributed by atoms with Crippen LogP contribution in [-0.4, -0.2) is 0 Å². The van der Waals surface area contributed by atoms with Crippen LogP contribution in [0.25, 0.3) is 0 Å². The van der Waals surface area contributed by atoms with E-state index in [1.165, 1.54) is 0 Å². The SMILES string of the molecule is [Eu].[Eu].[Nd+3].[Nd+3].[O-2].[O-2].[O-2]. The van der Waals surface area contributed by atoms with Gasteiger partial charge in [0, 0.05) is 98.8 Å². The molecule has 0 fully saturated rings. The van der Waals surface area contributed by atoms with Crippen LogP contribution in [0.15, 0.2) is 0 Å². The Morgan fingerprint density at radius 2 is 0.429 bits per heavy atom. The molecule has 7 heteroatoms. The third-order valence-electron chi connectivity index (χ3n) is 0. The van der Waals surface area contributed by atoms with Crippen molar-refractivity contribution in [2.24, 2.45) is 0 Å². The van der Waals surface area contributed by atoms with Crippen LogP contribution >= 0.6 is 0 Å². The van der Waals surface area contributed by atoms with Gasteiger partial charge >= 0.3 is 81.7 Å². The van der Waals surface area contributed by atoms with Crippen LogP contribution < -0.4 is 0 Å². The van der Waals surface area contributed by atoms with E-state index >= 15 is 0 Å². The normalized spacial score (nSPS) is 0. The van der Waals surface area contributed by atoms with Crippen molar-refractivity contribution in [1.82, 2.24) is 0 Å². The molecule has 0 rings (SSSR count). The minimum absolute atomic E-state index is 0. The minimum Gasteiger partial charge on any atom is -2.00 e. The largest absolute Gasteiger partial charge is 3.00 e. The fourth-order valence-corrected chi connectivity index (χ4v) is 0. The molecule has 0 heterocycles. The summed E-state index contributed by atoms with van der Waals surface area (Å²) in [5.74, 6) is 0. The molecule has 0 N–H and O–H groups in total. The van der Waals surface area contributed by atoms with Crippen LogP contribution in [0.3, 0.4) is 0 Å². The van der Waals surface area contributed by atoms with Crippen LogP contribution in [0.5, 0.6) is 0 Å². The van der Waals surface area contributed by atoms with Gasteiger partial charge in [0.1, 0.15) is 0 Å². The van der Waals surface area contributed by atoms with Crippen molar-refractivity contribution in [2.45, 2.75) is 0 Å². The molecule has 40 valence electrons. The molecule has 0 aromatic rings. The second-order valence-electron chi connectivity index (χ2n) is 0. The van der Waals surface area contributed by atoms with E-state index in [1.807, 2.05) is 0 Å². The maximum absolute atomic E-state index is 0. The molecule has 0 spiro atoms. The Morgan fingerprint density at radius 3 is 0.429 bits per heavy atom. The molecule has 0 aromatic heterocycles. The summed E-state index contributed by atoms with van der Waals surface area (Å²) in [4.78, 5) is 0. The fourth-order valence-electron chi connectivity index (χ4n) is 0. The van der Waals surface area contributed by atoms with Crippen LogP contribution in [0.4, 0.5) is 0 Å². The van der Waals surface area contributed by atoms with Gasteiger partial charge in [-0.3, -0.25) is 0 Å². The first-order valence-corrected chi connectivity index (χ1v) is 0. The molecule has 0 saturated heterocycles. The number of hydrogen-bond donors (Lipinski definition) is 0. The Bertz CT molecular complexity index is 10.9. The van der Waals surface area contributed by atoms with Crippen LogP contribution in [0.1, 0.15) is 0 Å². The van der Waals surface area contributed by atoms with Gasteiger partial charge < -0.3 is 16.4 Å². The summed E-state index contributed by atoms with van der Waals surface area (Å²) in [6.45, 7) is 0. The molecule has 3 nitrogen and oxygen atoms in total. The monoisotopic (exact) mass is 638 g/mol. The first kappa shape index (κ1) is 53.2. The van der Waals surface area contributed by atoms with Crippen molar-refractivity contribution in [3.63, 3.8) is 0 Å². The first-order chi connectivity index (χ1) is 0. The van der Waals surface area contributed by atoms with Crippen molar-refractivity contribution < 1.29 is 197 Å². The summed E-state index contributed by atoms with van der Waals surface area (Å²) in [6, 6.07) is 0. The second kappa shape index (κ2) is 41.1. The van der Waals surface area contributed by atoms with Crippen molar-refractivity contribution >= 4 is 0 Å². The summed E-state index contributed by atoms with van der Waals surface area (Å²) >= 11 is 0. The number of rotatable bonds is 0. The topological polar surface area (TPSA) is 85.5 Å². The predicted molar refractivity (Wildman–Crippen MR) is 2.06 cm³/mol. The molecule has 0 atom stereocenters. The maximum atomic E-state index is 0. The van der Waals surface area contributed by atoms with Gasteiger partial charge in [-0.2, -0.15) is 0 Å². The Hall–Kier alpha value is 5.75. The molecule has 0 bridgehead atoms. The van der Waals surface area contributed by atoms with Gasteiger partial charge in [0.15, 0.2) is 0 Å². The van der Waals surface area contributed by atoms with E-state index in [1.54, 1.807) is 0 Å². The van der Waals surface area contributed by atoms with E-state index in [0.29, 0.717) is 0 Å².